The second-order valence-corrected chi connectivity index (χ2v) is 13.9. The van der Waals surface area contributed by atoms with Crippen LogP contribution in [0, 0.1) is 23.1 Å². The monoisotopic (exact) mass is 596 g/mol. The molecule has 0 unspecified atom stereocenters. The number of carbonyl (C=O) groups is 1. The highest BCUT2D eigenvalue weighted by molar-refractivity contribution is 7.91. The molecule has 8 nitrogen and oxygen atoms in total. The number of sulfone groups is 1. The molecular formula is C30H30ClFN4O4S. The van der Waals surface area contributed by atoms with Gasteiger partial charge in [0.25, 0.3) is 0 Å². The van der Waals surface area contributed by atoms with Crippen molar-refractivity contribution < 1.29 is 22.0 Å². The SMILES string of the molecule is N#CC1(NC(=O)[C@@H]2CCCC[C@H]2c2oc(-c3ccc(F)c(Cl)c3)nc2-c2ccccc2N2CCS(=O)(=O)CC2)CC1. The third kappa shape index (κ3) is 5.57. The summed E-state index contributed by atoms with van der Waals surface area (Å²) in [5.74, 6) is -0.457. The number of aromatic nitrogens is 1. The van der Waals surface area contributed by atoms with Gasteiger partial charge in [-0.2, -0.15) is 5.26 Å². The molecule has 2 heterocycles. The van der Waals surface area contributed by atoms with Gasteiger partial charge in [-0.1, -0.05) is 42.6 Å². The summed E-state index contributed by atoms with van der Waals surface area (Å²) in [6.07, 6.45) is 4.44. The first-order valence-electron chi connectivity index (χ1n) is 13.9. The van der Waals surface area contributed by atoms with E-state index in [-0.39, 0.29) is 34.2 Å². The van der Waals surface area contributed by atoms with Gasteiger partial charge >= 0.3 is 0 Å². The smallest absolute Gasteiger partial charge is 0.226 e. The van der Waals surface area contributed by atoms with Gasteiger partial charge < -0.3 is 14.6 Å². The minimum Gasteiger partial charge on any atom is -0.440 e. The largest absolute Gasteiger partial charge is 0.440 e. The standard InChI is InChI=1S/C30H30ClFN4O4S/c31-23-17-19(9-10-24(23)32)29-34-26(22-7-3-4-8-25(22)36-13-15-41(38,39)16-14-36)27(40-29)20-5-1-2-6-21(20)28(37)35-30(18-33)11-12-30/h3-4,7-10,17,20-21H,1-2,5-6,11-16H2,(H,35,37)/t20-,21-/m1/s1. The number of rotatable bonds is 6. The fraction of sp³-hybridized carbons (Fsp3) is 0.433. The lowest BCUT2D eigenvalue weighted by atomic mass is 9.76. The fourth-order valence-electron chi connectivity index (χ4n) is 5.91. The molecule has 214 valence electrons. The molecule has 1 amide bonds. The van der Waals surface area contributed by atoms with E-state index in [1.807, 2.05) is 29.2 Å². The summed E-state index contributed by atoms with van der Waals surface area (Å²) in [4.78, 5) is 20.5. The van der Waals surface area contributed by atoms with Crippen molar-refractivity contribution >= 4 is 33.0 Å². The molecule has 3 fully saturated rings. The first-order valence-corrected chi connectivity index (χ1v) is 16.1. The zero-order valence-electron chi connectivity index (χ0n) is 22.4. The predicted octanol–water partition coefficient (Wildman–Crippen LogP) is 5.48. The van der Waals surface area contributed by atoms with Crippen molar-refractivity contribution in [2.45, 2.75) is 50.0 Å². The van der Waals surface area contributed by atoms with Crippen LogP contribution in [-0.2, 0) is 14.6 Å². The zero-order chi connectivity index (χ0) is 28.8. The minimum atomic E-state index is -3.08. The Balaban J connectivity index is 1.45. The number of para-hydroxylation sites is 1. The molecule has 1 aromatic heterocycles. The average Bonchev–Trinajstić information content (AvgIpc) is 3.61. The number of hydrogen-bond donors (Lipinski definition) is 1. The van der Waals surface area contributed by atoms with Crippen LogP contribution >= 0.6 is 11.6 Å². The van der Waals surface area contributed by atoms with Crippen LogP contribution in [0.3, 0.4) is 0 Å². The van der Waals surface area contributed by atoms with Crippen LogP contribution in [0.25, 0.3) is 22.7 Å². The number of hydrogen-bond acceptors (Lipinski definition) is 7. The summed E-state index contributed by atoms with van der Waals surface area (Å²) in [6.45, 7) is 0.718. The first kappa shape index (κ1) is 27.7. The number of carbonyl (C=O) groups excluding carboxylic acids is 1. The van der Waals surface area contributed by atoms with Crippen LogP contribution in [0.1, 0.15) is 50.2 Å². The summed E-state index contributed by atoms with van der Waals surface area (Å²) in [5.41, 5.74) is 1.89. The molecule has 2 aliphatic carbocycles. The maximum Gasteiger partial charge on any atom is 0.226 e. The quantitative estimate of drug-likeness (QED) is 0.400. The number of nitriles is 1. The van der Waals surface area contributed by atoms with E-state index in [0.717, 1.165) is 24.1 Å². The highest BCUT2D eigenvalue weighted by Gasteiger charge is 2.47. The van der Waals surface area contributed by atoms with E-state index in [1.165, 1.54) is 12.1 Å². The lowest BCUT2D eigenvalue weighted by molar-refractivity contribution is -0.127. The average molecular weight is 597 g/mol. The van der Waals surface area contributed by atoms with E-state index < -0.39 is 27.1 Å². The Labute approximate surface area is 243 Å². The van der Waals surface area contributed by atoms with Crippen molar-refractivity contribution in [3.8, 4) is 28.8 Å². The summed E-state index contributed by atoms with van der Waals surface area (Å²) in [5, 5.41) is 12.5. The van der Waals surface area contributed by atoms with Gasteiger partial charge in [0.2, 0.25) is 11.8 Å². The number of nitrogens with zero attached hydrogens (tertiary/aromatic N) is 3. The maximum atomic E-state index is 14.0. The van der Waals surface area contributed by atoms with Gasteiger partial charge in [-0.05, 0) is 49.9 Å². The summed E-state index contributed by atoms with van der Waals surface area (Å²) >= 11 is 6.09. The maximum absolute atomic E-state index is 14.0. The third-order valence-electron chi connectivity index (χ3n) is 8.43. The number of nitrogens with one attached hydrogen (secondary N) is 1. The summed E-state index contributed by atoms with van der Waals surface area (Å²) in [7, 11) is -3.08. The molecule has 2 aromatic carbocycles. The van der Waals surface area contributed by atoms with E-state index in [9.17, 15) is 22.9 Å². The lowest BCUT2D eigenvalue weighted by Gasteiger charge is -2.32. The van der Waals surface area contributed by atoms with E-state index in [2.05, 4.69) is 11.4 Å². The van der Waals surface area contributed by atoms with Gasteiger partial charge in [0.15, 0.2) is 9.84 Å². The topological polar surface area (TPSA) is 116 Å². The van der Waals surface area contributed by atoms with Crippen molar-refractivity contribution in [2.24, 2.45) is 5.92 Å². The summed E-state index contributed by atoms with van der Waals surface area (Å²) in [6, 6.07) is 14.2. The van der Waals surface area contributed by atoms with E-state index in [4.69, 9.17) is 21.0 Å². The molecule has 11 heteroatoms. The Hall–Kier alpha value is -3.42. The van der Waals surface area contributed by atoms with Crippen molar-refractivity contribution in [3.05, 3.63) is 59.1 Å². The van der Waals surface area contributed by atoms with Gasteiger partial charge in [-0.3, -0.25) is 4.79 Å². The normalized spacial score (nSPS) is 23.0. The predicted molar refractivity (Wildman–Crippen MR) is 154 cm³/mol. The van der Waals surface area contributed by atoms with E-state index >= 15 is 0 Å². The molecule has 0 radical (unpaired) electrons. The number of benzene rings is 2. The number of amides is 1. The lowest BCUT2D eigenvalue weighted by Crippen LogP contribution is -2.42. The van der Waals surface area contributed by atoms with Crippen LogP contribution in [0.15, 0.2) is 46.9 Å². The van der Waals surface area contributed by atoms with Gasteiger partial charge in [-0.15, -0.1) is 0 Å². The van der Waals surface area contributed by atoms with Gasteiger partial charge in [-0.25, -0.2) is 17.8 Å². The van der Waals surface area contributed by atoms with Crippen molar-refractivity contribution in [1.29, 1.82) is 5.26 Å². The Morgan fingerprint density at radius 2 is 1.88 bits per heavy atom. The highest BCUT2D eigenvalue weighted by Crippen LogP contribution is 2.46. The molecule has 2 atom stereocenters. The van der Waals surface area contributed by atoms with Crippen molar-refractivity contribution in [3.63, 3.8) is 0 Å². The number of anilines is 1. The molecule has 1 aliphatic heterocycles. The molecular weight excluding hydrogens is 567 g/mol. The van der Waals surface area contributed by atoms with Crippen LogP contribution in [-0.4, -0.2) is 49.4 Å². The third-order valence-corrected chi connectivity index (χ3v) is 10.3. The molecule has 41 heavy (non-hydrogen) atoms. The van der Waals surface area contributed by atoms with Crippen molar-refractivity contribution in [2.75, 3.05) is 29.5 Å². The molecule has 3 aromatic rings. The molecule has 6 rings (SSSR count). The second-order valence-electron chi connectivity index (χ2n) is 11.2. The molecule has 2 saturated carbocycles. The van der Waals surface area contributed by atoms with Gasteiger partial charge in [0, 0.05) is 41.7 Å². The minimum absolute atomic E-state index is 0.0557. The molecule has 1 saturated heterocycles. The van der Waals surface area contributed by atoms with E-state index in [0.29, 0.717) is 55.8 Å². The Morgan fingerprint density at radius 1 is 1.15 bits per heavy atom. The number of halogens is 2. The Kier molecular flexibility index (Phi) is 7.28. The van der Waals surface area contributed by atoms with Crippen molar-refractivity contribution in [1.82, 2.24) is 10.3 Å². The van der Waals surface area contributed by atoms with Crippen LogP contribution < -0.4 is 10.2 Å². The fourth-order valence-corrected chi connectivity index (χ4v) is 7.29. The van der Waals surface area contributed by atoms with Crippen LogP contribution in [0.5, 0.6) is 0 Å². The Morgan fingerprint density at radius 3 is 2.59 bits per heavy atom. The Bertz CT molecular complexity index is 1630. The summed E-state index contributed by atoms with van der Waals surface area (Å²) < 4.78 is 44.7. The zero-order valence-corrected chi connectivity index (χ0v) is 24.0. The van der Waals surface area contributed by atoms with Gasteiger partial charge in [0.05, 0.1) is 22.6 Å². The molecule has 0 bridgehead atoms. The highest BCUT2D eigenvalue weighted by atomic mass is 35.5. The first-order chi connectivity index (χ1) is 19.7. The van der Waals surface area contributed by atoms with Crippen LogP contribution in [0.4, 0.5) is 10.1 Å². The van der Waals surface area contributed by atoms with E-state index in [1.54, 1.807) is 6.07 Å². The van der Waals surface area contributed by atoms with Gasteiger partial charge in [0.1, 0.15) is 22.8 Å². The molecule has 1 N–H and O–H groups in total. The second kappa shape index (κ2) is 10.8. The molecule has 0 spiro atoms. The van der Waals surface area contributed by atoms with Crippen LogP contribution in [0.2, 0.25) is 5.02 Å². The number of oxazole rings is 1. The molecule has 3 aliphatic rings.